The number of halogens is 2. The van der Waals surface area contributed by atoms with Crippen molar-refractivity contribution in [2.75, 3.05) is 13.7 Å². The molecule has 0 saturated carbocycles. The van der Waals surface area contributed by atoms with Crippen LogP contribution in [0.2, 0.25) is 0 Å². The highest BCUT2D eigenvalue weighted by molar-refractivity contribution is 5.55. The number of alkyl halides is 2. The third-order valence-electron chi connectivity index (χ3n) is 2.69. The van der Waals surface area contributed by atoms with Crippen LogP contribution in [-0.4, -0.2) is 30.5 Å². The van der Waals surface area contributed by atoms with Crippen molar-refractivity contribution in [2.24, 2.45) is 5.73 Å². The van der Waals surface area contributed by atoms with E-state index < -0.39 is 12.2 Å². The van der Waals surface area contributed by atoms with E-state index in [1.807, 2.05) is 0 Å². The molecule has 2 rings (SSSR count). The van der Waals surface area contributed by atoms with Gasteiger partial charge in [-0.1, -0.05) is 11.2 Å². The fourth-order valence-electron chi connectivity index (χ4n) is 1.74. The first-order valence-electron chi connectivity index (χ1n) is 6.09. The zero-order chi connectivity index (χ0) is 15.5. The van der Waals surface area contributed by atoms with Gasteiger partial charge >= 0.3 is 6.61 Å². The molecule has 6 nitrogen and oxygen atoms in total. The number of hydrogen-bond donors (Lipinski definition) is 1. The maximum absolute atomic E-state index is 12.2. The fraction of sp³-hybridized carbons (Fsp3) is 0.385. The third kappa shape index (κ3) is 3.73. The lowest BCUT2D eigenvalue weighted by molar-refractivity contribution is -0.0498. The van der Waals surface area contributed by atoms with Gasteiger partial charge in [-0.15, -0.1) is 0 Å². The van der Waals surface area contributed by atoms with Crippen LogP contribution in [0.15, 0.2) is 28.8 Å². The van der Waals surface area contributed by atoms with Crippen molar-refractivity contribution >= 4 is 0 Å². The van der Waals surface area contributed by atoms with Gasteiger partial charge in [-0.3, -0.25) is 0 Å². The Balaban J connectivity index is 2.25. The van der Waals surface area contributed by atoms with Gasteiger partial charge in [0.25, 0.3) is 5.89 Å². The summed E-state index contributed by atoms with van der Waals surface area (Å²) in [6, 6.07) is 5.98. The molecule has 1 unspecified atom stereocenters. The summed E-state index contributed by atoms with van der Waals surface area (Å²) in [4.78, 5) is 4.17. The molecule has 21 heavy (non-hydrogen) atoms. The molecule has 0 fully saturated rings. The highest BCUT2D eigenvalue weighted by atomic mass is 19.3. The van der Waals surface area contributed by atoms with Crippen LogP contribution in [0.3, 0.4) is 0 Å². The zero-order valence-corrected chi connectivity index (χ0v) is 11.5. The molecule has 8 heteroatoms. The molecule has 114 valence electrons. The van der Waals surface area contributed by atoms with Crippen LogP contribution in [0.4, 0.5) is 8.78 Å². The minimum atomic E-state index is -2.90. The van der Waals surface area contributed by atoms with Gasteiger partial charge in [0.1, 0.15) is 11.3 Å². The lowest BCUT2D eigenvalue weighted by atomic mass is 10.1. The molecule has 0 aliphatic heterocycles. The maximum Gasteiger partial charge on any atom is 0.387 e. The second-order valence-electron chi connectivity index (χ2n) is 4.68. The summed E-state index contributed by atoms with van der Waals surface area (Å²) < 4.78 is 38.8. The molecule has 2 N–H and O–H groups in total. The van der Waals surface area contributed by atoms with Crippen LogP contribution >= 0.6 is 0 Å². The number of hydrogen-bond acceptors (Lipinski definition) is 6. The summed E-state index contributed by atoms with van der Waals surface area (Å²) >= 11 is 0. The van der Waals surface area contributed by atoms with Crippen molar-refractivity contribution in [3.63, 3.8) is 0 Å². The number of nitrogens with two attached hydrogens (primary N) is 1. The Bertz CT molecular complexity index is 602. The first-order chi connectivity index (χ1) is 9.92. The molecule has 1 heterocycles. The Morgan fingerprint density at radius 3 is 2.86 bits per heavy atom. The molecule has 1 atom stereocenters. The molecule has 0 aliphatic carbocycles. The van der Waals surface area contributed by atoms with Crippen LogP contribution in [0, 0.1) is 0 Å². The zero-order valence-electron chi connectivity index (χ0n) is 11.5. The van der Waals surface area contributed by atoms with Gasteiger partial charge in [-0.2, -0.15) is 13.8 Å². The number of ether oxygens (including phenoxy) is 2. The largest absolute Gasteiger partial charge is 0.435 e. The fourth-order valence-corrected chi connectivity index (χ4v) is 1.74. The van der Waals surface area contributed by atoms with Crippen LogP contribution < -0.4 is 10.5 Å². The molecule has 1 aromatic heterocycles. The topological polar surface area (TPSA) is 83.4 Å². The Hall–Kier alpha value is -2.06. The number of benzene rings is 1. The lowest BCUT2D eigenvalue weighted by Crippen LogP contribution is -2.38. The first-order valence-corrected chi connectivity index (χ1v) is 6.09. The molecular formula is C13H15F2N3O3. The predicted octanol–water partition coefficient (Wildman–Crippen LogP) is 2.16. The molecule has 0 amide bonds. The normalized spacial score (nSPS) is 14.2. The summed E-state index contributed by atoms with van der Waals surface area (Å²) in [5, 5.41) is 3.79. The summed E-state index contributed by atoms with van der Waals surface area (Å²) in [7, 11) is 1.51. The predicted molar refractivity (Wildman–Crippen MR) is 69.8 cm³/mol. The van der Waals surface area contributed by atoms with E-state index in [1.54, 1.807) is 19.1 Å². The molecule has 0 aliphatic rings. The van der Waals surface area contributed by atoms with Crippen LogP contribution in [0.1, 0.15) is 12.7 Å². The Morgan fingerprint density at radius 2 is 2.19 bits per heavy atom. The first kappa shape index (κ1) is 15.3. The van der Waals surface area contributed by atoms with Crippen LogP contribution in [0.5, 0.6) is 5.75 Å². The van der Waals surface area contributed by atoms with E-state index in [9.17, 15) is 8.78 Å². The second kappa shape index (κ2) is 6.15. The second-order valence-corrected chi connectivity index (χ2v) is 4.68. The standard InChI is InChI=1S/C13H15F2N3O3/c1-13(16,7-19-2)11-17-10(21-18-11)8-4-3-5-9(6-8)20-12(14)15/h3-6,12H,7,16H2,1-2H3. The quantitative estimate of drug-likeness (QED) is 0.880. The Morgan fingerprint density at radius 1 is 1.43 bits per heavy atom. The smallest absolute Gasteiger partial charge is 0.387 e. The Kier molecular flexibility index (Phi) is 4.49. The van der Waals surface area contributed by atoms with Gasteiger partial charge in [0, 0.05) is 12.7 Å². The average Bonchev–Trinajstić information content (AvgIpc) is 2.88. The summed E-state index contributed by atoms with van der Waals surface area (Å²) in [6.07, 6.45) is 0. The summed E-state index contributed by atoms with van der Waals surface area (Å²) in [6.45, 7) is -0.991. The maximum atomic E-state index is 12.2. The molecule has 0 saturated heterocycles. The van der Waals surface area contributed by atoms with Gasteiger partial charge in [-0.25, -0.2) is 0 Å². The van der Waals surface area contributed by atoms with Crippen LogP contribution in [0.25, 0.3) is 11.5 Å². The molecule has 0 spiro atoms. The van der Waals surface area contributed by atoms with Crippen molar-refractivity contribution in [1.29, 1.82) is 0 Å². The van der Waals surface area contributed by atoms with Crippen molar-refractivity contribution in [3.8, 4) is 17.2 Å². The monoisotopic (exact) mass is 299 g/mol. The van der Waals surface area contributed by atoms with E-state index in [2.05, 4.69) is 14.9 Å². The van der Waals surface area contributed by atoms with E-state index in [0.29, 0.717) is 5.56 Å². The van der Waals surface area contributed by atoms with Gasteiger partial charge in [-0.05, 0) is 25.1 Å². The number of nitrogens with zero attached hydrogens (tertiary/aromatic N) is 2. The van der Waals surface area contributed by atoms with Crippen molar-refractivity contribution in [3.05, 3.63) is 30.1 Å². The van der Waals surface area contributed by atoms with Crippen LogP contribution in [-0.2, 0) is 10.3 Å². The summed E-state index contributed by atoms with van der Waals surface area (Å²) in [5.74, 6) is 0.437. The van der Waals surface area contributed by atoms with E-state index in [0.717, 1.165) is 0 Å². The van der Waals surface area contributed by atoms with Crippen molar-refractivity contribution < 1.29 is 22.8 Å². The minimum Gasteiger partial charge on any atom is -0.435 e. The third-order valence-corrected chi connectivity index (χ3v) is 2.69. The van der Waals surface area contributed by atoms with Crippen molar-refractivity contribution in [2.45, 2.75) is 19.1 Å². The number of aromatic nitrogens is 2. The highest BCUT2D eigenvalue weighted by Gasteiger charge is 2.27. The molecule has 0 radical (unpaired) electrons. The van der Waals surface area contributed by atoms with Gasteiger partial charge in [0.05, 0.1) is 6.61 Å². The number of methoxy groups -OCH3 is 1. The Labute approximate surface area is 119 Å². The molecular weight excluding hydrogens is 284 g/mol. The van der Waals surface area contributed by atoms with Gasteiger partial charge in [0.15, 0.2) is 5.82 Å². The van der Waals surface area contributed by atoms with E-state index in [1.165, 1.54) is 19.2 Å². The lowest BCUT2D eigenvalue weighted by Gasteiger charge is -2.18. The minimum absolute atomic E-state index is 0.00894. The molecule has 2 aromatic rings. The van der Waals surface area contributed by atoms with Gasteiger partial charge < -0.3 is 19.7 Å². The SMILES string of the molecule is COCC(C)(N)c1noc(-c2cccc(OC(F)F)c2)n1. The van der Waals surface area contributed by atoms with E-state index in [-0.39, 0.29) is 24.1 Å². The van der Waals surface area contributed by atoms with Crippen molar-refractivity contribution in [1.82, 2.24) is 10.1 Å². The number of rotatable bonds is 6. The molecule has 1 aromatic carbocycles. The van der Waals surface area contributed by atoms with E-state index in [4.69, 9.17) is 15.0 Å². The van der Waals surface area contributed by atoms with E-state index >= 15 is 0 Å². The molecule has 0 bridgehead atoms. The summed E-state index contributed by atoms with van der Waals surface area (Å²) in [5.41, 5.74) is 5.55. The van der Waals surface area contributed by atoms with Gasteiger partial charge in [0.2, 0.25) is 0 Å². The highest BCUT2D eigenvalue weighted by Crippen LogP contribution is 2.25. The average molecular weight is 299 g/mol.